The van der Waals surface area contributed by atoms with E-state index in [0.29, 0.717) is 43.3 Å². The number of carbonyl (C=O) groups excluding carboxylic acids is 1. The van der Waals surface area contributed by atoms with Crippen LogP contribution in [-0.4, -0.2) is 31.2 Å². The predicted molar refractivity (Wildman–Crippen MR) is 99.6 cm³/mol. The zero-order valence-electron chi connectivity index (χ0n) is 15.2. The maximum absolute atomic E-state index is 12.1. The van der Waals surface area contributed by atoms with Crippen molar-refractivity contribution in [3.63, 3.8) is 0 Å². The fourth-order valence-corrected chi connectivity index (χ4v) is 2.56. The van der Waals surface area contributed by atoms with Gasteiger partial charge in [0.25, 0.3) is 0 Å². The molecule has 0 fully saturated rings. The van der Waals surface area contributed by atoms with E-state index in [0.717, 1.165) is 29.9 Å². The van der Waals surface area contributed by atoms with Crippen molar-refractivity contribution in [2.75, 3.05) is 5.32 Å². The van der Waals surface area contributed by atoms with Gasteiger partial charge in [-0.2, -0.15) is 10.1 Å². The molecule has 4 N–H and O–H groups in total. The fraction of sp³-hybridized carbons (Fsp3) is 0.389. The first kappa shape index (κ1) is 18.7. The molecule has 0 spiro atoms. The second-order valence-corrected chi connectivity index (χ2v) is 6.14. The molecule has 142 valence electrons. The minimum absolute atomic E-state index is 0.0561. The summed E-state index contributed by atoms with van der Waals surface area (Å²) in [5, 5.41) is 13.7. The van der Waals surface area contributed by atoms with Crippen LogP contribution in [0.15, 0.2) is 28.8 Å². The Morgan fingerprint density at radius 2 is 2.04 bits per heavy atom. The second-order valence-electron chi connectivity index (χ2n) is 6.14. The largest absolute Gasteiger partial charge is 0.339 e. The number of aryl methyl sites for hydroxylation is 2. The van der Waals surface area contributed by atoms with Gasteiger partial charge in [-0.15, -0.1) is 0 Å². The van der Waals surface area contributed by atoms with Crippen molar-refractivity contribution in [1.82, 2.24) is 25.3 Å². The molecule has 9 heteroatoms. The van der Waals surface area contributed by atoms with Crippen LogP contribution < -0.4 is 11.1 Å². The Balaban J connectivity index is 1.46. The number of benzene rings is 1. The number of hydrogen-bond donors (Lipinski definition) is 3. The summed E-state index contributed by atoms with van der Waals surface area (Å²) in [5.74, 6) is 2.46. The molecule has 2 heterocycles. The molecular weight excluding hydrogens is 346 g/mol. The molecule has 0 aliphatic carbocycles. The normalized spacial score (nSPS) is 10.9. The number of H-pyrrole nitrogens is 1. The number of nitrogens with two attached hydrogens (primary N) is 1. The molecule has 1 aromatic carbocycles. The van der Waals surface area contributed by atoms with Crippen LogP contribution in [0.5, 0.6) is 0 Å². The summed E-state index contributed by atoms with van der Waals surface area (Å²) >= 11 is 0. The highest BCUT2D eigenvalue weighted by Gasteiger charge is 2.09. The van der Waals surface area contributed by atoms with Crippen molar-refractivity contribution in [2.45, 2.75) is 45.6 Å². The zero-order chi connectivity index (χ0) is 19.1. The van der Waals surface area contributed by atoms with Gasteiger partial charge in [0.15, 0.2) is 11.6 Å². The molecule has 9 nitrogen and oxygen atoms in total. The van der Waals surface area contributed by atoms with Crippen molar-refractivity contribution in [3.05, 3.63) is 41.8 Å². The van der Waals surface area contributed by atoms with Crippen molar-refractivity contribution >= 4 is 11.6 Å². The van der Waals surface area contributed by atoms with Gasteiger partial charge in [-0.25, -0.2) is 4.98 Å². The van der Waals surface area contributed by atoms with Gasteiger partial charge in [-0.05, 0) is 37.1 Å². The van der Waals surface area contributed by atoms with Crippen LogP contribution in [-0.2, 0) is 24.2 Å². The van der Waals surface area contributed by atoms with Gasteiger partial charge in [-0.3, -0.25) is 9.89 Å². The lowest BCUT2D eigenvalue weighted by molar-refractivity contribution is -0.116. The number of rotatable bonds is 9. The first-order valence-electron chi connectivity index (χ1n) is 9.01. The Hall–Kier alpha value is -3.07. The van der Waals surface area contributed by atoms with E-state index in [9.17, 15) is 4.79 Å². The van der Waals surface area contributed by atoms with Crippen LogP contribution in [0.2, 0.25) is 0 Å². The van der Waals surface area contributed by atoms with E-state index < -0.39 is 0 Å². The highest BCUT2D eigenvalue weighted by Crippen LogP contribution is 2.18. The fourth-order valence-electron chi connectivity index (χ4n) is 2.56. The molecule has 1 amide bonds. The summed E-state index contributed by atoms with van der Waals surface area (Å²) in [7, 11) is 0. The van der Waals surface area contributed by atoms with Crippen LogP contribution in [0, 0.1) is 0 Å². The minimum Gasteiger partial charge on any atom is -0.339 e. The third kappa shape index (κ3) is 5.20. The van der Waals surface area contributed by atoms with Gasteiger partial charge in [0.1, 0.15) is 5.82 Å². The first-order chi connectivity index (χ1) is 13.2. The van der Waals surface area contributed by atoms with E-state index in [1.54, 1.807) is 0 Å². The van der Waals surface area contributed by atoms with Gasteiger partial charge in [-0.1, -0.05) is 12.1 Å². The lowest BCUT2D eigenvalue weighted by atomic mass is 10.2. The SMILES string of the molecule is CCCc1noc(CCCC(=O)Nc2ccc(-c3n[nH]c(CN)n3)cc2)n1. The summed E-state index contributed by atoms with van der Waals surface area (Å²) < 4.78 is 5.17. The van der Waals surface area contributed by atoms with E-state index in [4.69, 9.17) is 10.3 Å². The van der Waals surface area contributed by atoms with Gasteiger partial charge >= 0.3 is 0 Å². The number of anilines is 1. The Kier molecular flexibility index (Phi) is 6.26. The highest BCUT2D eigenvalue weighted by molar-refractivity contribution is 5.90. The number of hydrogen-bond acceptors (Lipinski definition) is 7. The molecule has 0 aliphatic rings. The van der Waals surface area contributed by atoms with Gasteiger partial charge in [0, 0.05) is 30.5 Å². The molecule has 0 aliphatic heterocycles. The Morgan fingerprint density at radius 3 is 2.74 bits per heavy atom. The number of aromatic amines is 1. The van der Waals surface area contributed by atoms with E-state index in [2.05, 4.69) is 37.6 Å². The lowest BCUT2D eigenvalue weighted by Gasteiger charge is -2.05. The summed E-state index contributed by atoms with van der Waals surface area (Å²) in [5.41, 5.74) is 7.09. The monoisotopic (exact) mass is 369 g/mol. The summed E-state index contributed by atoms with van der Waals surface area (Å²) in [6, 6.07) is 7.35. The molecule has 3 rings (SSSR count). The summed E-state index contributed by atoms with van der Waals surface area (Å²) in [4.78, 5) is 20.7. The predicted octanol–water partition coefficient (Wildman–Crippen LogP) is 2.23. The molecule has 0 bridgehead atoms. The first-order valence-corrected chi connectivity index (χ1v) is 9.01. The molecule has 0 saturated heterocycles. The maximum atomic E-state index is 12.1. The van der Waals surface area contributed by atoms with Gasteiger partial charge in [0.2, 0.25) is 11.8 Å². The van der Waals surface area contributed by atoms with Crippen molar-refractivity contribution < 1.29 is 9.32 Å². The maximum Gasteiger partial charge on any atom is 0.226 e. The Labute approximate surface area is 156 Å². The van der Waals surface area contributed by atoms with E-state index in [1.807, 2.05) is 24.3 Å². The smallest absolute Gasteiger partial charge is 0.226 e. The summed E-state index contributed by atoms with van der Waals surface area (Å²) in [6.45, 7) is 2.38. The molecule has 3 aromatic rings. The minimum atomic E-state index is -0.0561. The van der Waals surface area contributed by atoms with Crippen LogP contribution in [0.3, 0.4) is 0 Å². The molecule has 27 heavy (non-hydrogen) atoms. The average molecular weight is 369 g/mol. The number of amides is 1. The van der Waals surface area contributed by atoms with Crippen molar-refractivity contribution in [2.24, 2.45) is 5.73 Å². The zero-order valence-corrected chi connectivity index (χ0v) is 15.2. The van der Waals surface area contributed by atoms with Crippen molar-refractivity contribution in [1.29, 1.82) is 0 Å². The molecule has 0 saturated carbocycles. The molecule has 0 unspecified atom stereocenters. The summed E-state index contributed by atoms with van der Waals surface area (Å²) in [6.07, 6.45) is 3.41. The van der Waals surface area contributed by atoms with Crippen molar-refractivity contribution in [3.8, 4) is 11.4 Å². The number of nitrogens with zero attached hydrogens (tertiary/aromatic N) is 4. The third-order valence-electron chi connectivity index (χ3n) is 3.93. The van der Waals surface area contributed by atoms with Crippen LogP contribution in [0.4, 0.5) is 5.69 Å². The lowest BCUT2D eigenvalue weighted by Crippen LogP contribution is -2.11. The molecular formula is C18H23N7O2. The molecule has 0 radical (unpaired) electrons. The van der Waals surface area contributed by atoms with Crippen LogP contribution in [0.1, 0.15) is 43.7 Å². The number of aromatic nitrogens is 5. The number of nitrogens with one attached hydrogen (secondary N) is 2. The molecule has 0 atom stereocenters. The third-order valence-corrected chi connectivity index (χ3v) is 3.93. The van der Waals surface area contributed by atoms with Gasteiger partial charge < -0.3 is 15.6 Å². The van der Waals surface area contributed by atoms with E-state index in [-0.39, 0.29) is 5.91 Å². The second kappa shape index (κ2) is 9.04. The quantitative estimate of drug-likeness (QED) is 0.526. The van der Waals surface area contributed by atoms with Crippen LogP contribution in [0.25, 0.3) is 11.4 Å². The highest BCUT2D eigenvalue weighted by atomic mass is 16.5. The van der Waals surface area contributed by atoms with Gasteiger partial charge in [0.05, 0.1) is 6.54 Å². The average Bonchev–Trinajstić information content (AvgIpc) is 3.32. The Morgan fingerprint density at radius 1 is 1.22 bits per heavy atom. The van der Waals surface area contributed by atoms with E-state index in [1.165, 1.54) is 0 Å². The van der Waals surface area contributed by atoms with Crippen LogP contribution >= 0.6 is 0 Å². The molecule has 2 aromatic heterocycles. The standard InChI is InChI=1S/C18H23N7O2/c1-2-4-14-21-17(27-25-14)6-3-5-16(26)20-13-9-7-12(8-10-13)18-22-15(11-19)23-24-18/h7-10H,2-6,11,19H2,1H3,(H,20,26)(H,22,23,24). The Bertz CT molecular complexity index is 870. The topological polar surface area (TPSA) is 136 Å². The van der Waals surface area contributed by atoms with E-state index >= 15 is 0 Å². The number of carbonyl (C=O) groups is 1.